The van der Waals surface area contributed by atoms with Crippen molar-refractivity contribution in [2.24, 2.45) is 0 Å². The summed E-state index contributed by atoms with van der Waals surface area (Å²) in [7, 11) is 0. The molecule has 1 N–H and O–H groups in total. The molecule has 0 atom stereocenters. The zero-order chi connectivity index (χ0) is 19.0. The van der Waals surface area contributed by atoms with Gasteiger partial charge in [-0.1, -0.05) is 12.1 Å². The highest BCUT2D eigenvalue weighted by atomic mass is 16.2. The Labute approximate surface area is 157 Å². The Morgan fingerprint density at radius 3 is 2.56 bits per heavy atom. The van der Waals surface area contributed by atoms with Crippen LogP contribution in [0.3, 0.4) is 0 Å². The highest BCUT2D eigenvalue weighted by Gasteiger charge is 2.20. The monoisotopic (exact) mass is 359 g/mol. The molecule has 1 amide bonds. The standard InChI is InChI=1S/C21H21N5O/c1-21(2,3)24-20(27)18-10-12-23-26(18)19-9-8-17-7-6-16(14-25(17)19)15-5-4-11-22-13-15/h4-14H,1-3H3,(H,24,27). The lowest BCUT2D eigenvalue weighted by Crippen LogP contribution is -2.41. The summed E-state index contributed by atoms with van der Waals surface area (Å²) in [5.41, 5.74) is 3.28. The van der Waals surface area contributed by atoms with Gasteiger partial charge in [-0.15, -0.1) is 0 Å². The molecule has 0 aliphatic heterocycles. The van der Waals surface area contributed by atoms with E-state index in [0.717, 1.165) is 22.5 Å². The third-order valence-electron chi connectivity index (χ3n) is 4.21. The summed E-state index contributed by atoms with van der Waals surface area (Å²) in [5.74, 6) is 0.651. The van der Waals surface area contributed by atoms with Crippen LogP contribution in [0.15, 0.2) is 67.3 Å². The van der Waals surface area contributed by atoms with E-state index in [1.54, 1.807) is 23.1 Å². The molecule has 6 heteroatoms. The second-order valence-corrected chi connectivity index (χ2v) is 7.48. The molecule has 6 nitrogen and oxygen atoms in total. The van der Waals surface area contributed by atoms with Gasteiger partial charge < -0.3 is 9.72 Å². The molecule has 4 rings (SSSR count). The molecule has 4 heterocycles. The van der Waals surface area contributed by atoms with E-state index in [1.165, 1.54) is 0 Å². The number of carbonyl (C=O) groups excluding carboxylic acids is 1. The number of hydrogen-bond acceptors (Lipinski definition) is 3. The van der Waals surface area contributed by atoms with Gasteiger partial charge in [0.25, 0.3) is 5.91 Å². The first-order valence-corrected chi connectivity index (χ1v) is 8.81. The normalized spacial score (nSPS) is 11.7. The van der Waals surface area contributed by atoms with Crippen molar-refractivity contribution in [3.05, 3.63) is 72.9 Å². The van der Waals surface area contributed by atoms with Gasteiger partial charge in [0, 0.05) is 35.2 Å². The smallest absolute Gasteiger partial charge is 0.270 e. The van der Waals surface area contributed by atoms with Crippen molar-refractivity contribution in [2.75, 3.05) is 0 Å². The van der Waals surface area contributed by atoms with Crippen molar-refractivity contribution >= 4 is 11.4 Å². The summed E-state index contributed by atoms with van der Waals surface area (Å²) in [4.78, 5) is 16.9. The van der Waals surface area contributed by atoms with E-state index < -0.39 is 0 Å². The third-order valence-corrected chi connectivity index (χ3v) is 4.21. The lowest BCUT2D eigenvalue weighted by Gasteiger charge is -2.20. The molecule has 0 aliphatic rings. The van der Waals surface area contributed by atoms with Crippen LogP contribution in [0.25, 0.3) is 22.5 Å². The van der Waals surface area contributed by atoms with Gasteiger partial charge in [-0.05, 0) is 56.7 Å². The van der Waals surface area contributed by atoms with Crippen LogP contribution in [0.5, 0.6) is 0 Å². The van der Waals surface area contributed by atoms with E-state index in [1.807, 2.05) is 67.9 Å². The van der Waals surface area contributed by atoms with Gasteiger partial charge in [0.05, 0.1) is 6.20 Å². The summed E-state index contributed by atoms with van der Waals surface area (Å²) in [5, 5.41) is 7.38. The minimum absolute atomic E-state index is 0.154. The van der Waals surface area contributed by atoms with Crippen LogP contribution in [0, 0.1) is 0 Å². The Morgan fingerprint density at radius 1 is 1.00 bits per heavy atom. The van der Waals surface area contributed by atoms with Crippen molar-refractivity contribution in [3.8, 4) is 16.9 Å². The van der Waals surface area contributed by atoms with Crippen molar-refractivity contribution < 1.29 is 4.79 Å². The molecule has 0 fully saturated rings. The molecule has 4 aromatic rings. The molecule has 0 saturated carbocycles. The lowest BCUT2D eigenvalue weighted by molar-refractivity contribution is 0.0911. The minimum Gasteiger partial charge on any atom is -0.346 e. The number of fused-ring (bicyclic) bond motifs is 1. The van der Waals surface area contributed by atoms with Crippen molar-refractivity contribution in [3.63, 3.8) is 0 Å². The Bertz CT molecular complexity index is 1100. The highest BCUT2D eigenvalue weighted by molar-refractivity contribution is 5.93. The Balaban J connectivity index is 1.80. The topological polar surface area (TPSA) is 64.2 Å². The average Bonchev–Trinajstić information content (AvgIpc) is 3.27. The van der Waals surface area contributed by atoms with E-state index in [9.17, 15) is 4.79 Å². The van der Waals surface area contributed by atoms with Crippen LogP contribution in [0.2, 0.25) is 0 Å². The molecule has 0 aromatic carbocycles. The summed E-state index contributed by atoms with van der Waals surface area (Å²) in [6.07, 6.45) is 7.27. The van der Waals surface area contributed by atoms with Crippen LogP contribution < -0.4 is 5.32 Å². The fraction of sp³-hybridized carbons (Fsp3) is 0.190. The molecule has 0 saturated heterocycles. The van der Waals surface area contributed by atoms with Crippen LogP contribution in [0.1, 0.15) is 31.3 Å². The zero-order valence-electron chi connectivity index (χ0n) is 15.5. The van der Waals surface area contributed by atoms with Crippen molar-refractivity contribution in [2.45, 2.75) is 26.3 Å². The third kappa shape index (κ3) is 3.33. The summed E-state index contributed by atoms with van der Waals surface area (Å²) in [6, 6.07) is 13.7. The first-order valence-electron chi connectivity index (χ1n) is 8.81. The van der Waals surface area contributed by atoms with Gasteiger partial charge in [-0.3, -0.25) is 9.78 Å². The fourth-order valence-electron chi connectivity index (χ4n) is 3.03. The van der Waals surface area contributed by atoms with Crippen LogP contribution in [-0.2, 0) is 0 Å². The number of carbonyl (C=O) groups is 1. The molecule has 136 valence electrons. The number of nitrogens with one attached hydrogen (secondary N) is 1. The Kier molecular flexibility index (Phi) is 4.03. The molecule has 0 bridgehead atoms. The van der Waals surface area contributed by atoms with E-state index >= 15 is 0 Å². The van der Waals surface area contributed by atoms with Crippen LogP contribution in [-0.4, -0.2) is 30.6 Å². The lowest BCUT2D eigenvalue weighted by atomic mass is 10.1. The molecule has 0 radical (unpaired) electrons. The van der Waals surface area contributed by atoms with E-state index in [-0.39, 0.29) is 11.4 Å². The maximum absolute atomic E-state index is 12.7. The van der Waals surface area contributed by atoms with Gasteiger partial charge in [-0.25, -0.2) is 4.68 Å². The van der Waals surface area contributed by atoms with E-state index in [0.29, 0.717) is 5.69 Å². The molecule has 0 aliphatic carbocycles. The Morgan fingerprint density at radius 2 is 1.81 bits per heavy atom. The summed E-state index contributed by atoms with van der Waals surface area (Å²) < 4.78 is 3.70. The van der Waals surface area contributed by atoms with Gasteiger partial charge in [0.1, 0.15) is 11.5 Å². The van der Waals surface area contributed by atoms with Gasteiger partial charge in [0.15, 0.2) is 0 Å². The molecule has 0 spiro atoms. The molecular formula is C21H21N5O. The number of hydrogen-bond donors (Lipinski definition) is 1. The molecule has 27 heavy (non-hydrogen) atoms. The summed E-state index contributed by atoms with van der Waals surface area (Å²) >= 11 is 0. The molecule has 0 unspecified atom stereocenters. The average molecular weight is 359 g/mol. The number of aromatic nitrogens is 4. The number of pyridine rings is 2. The quantitative estimate of drug-likeness (QED) is 0.606. The minimum atomic E-state index is -0.319. The fourth-order valence-corrected chi connectivity index (χ4v) is 3.03. The maximum Gasteiger partial charge on any atom is 0.270 e. The second-order valence-electron chi connectivity index (χ2n) is 7.48. The number of amides is 1. The van der Waals surface area contributed by atoms with Gasteiger partial charge in [-0.2, -0.15) is 5.10 Å². The van der Waals surface area contributed by atoms with E-state index in [4.69, 9.17) is 0 Å². The predicted molar refractivity (Wildman–Crippen MR) is 105 cm³/mol. The first kappa shape index (κ1) is 17.0. The number of nitrogens with zero attached hydrogens (tertiary/aromatic N) is 4. The van der Waals surface area contributed by atoms with E-state index in [2.05, 4.69) is 21.5 Å². The summed E-state index contributed by atoms with van der Waals surface area (Å²) in [6.45, 7) is 5.87. The maximum atomic E-state index is 12.7. The largest absolute Gasteiger partial charge is 0.346 e. The number of rotatable bonds is 3. The predicted octanol–water partition coefficient (Wildman–Crippen LogP) is 3.72. The molecule has 4 aromatic heterocycles. The van der Waals surface area contributed by atoms with Crippen LogP contribution >= 0.6 is 0 Å². The molecular weight excluding hydrogens is 338 g/mol. The van der Waals surface area contributed by atoms with Gasteiger partial charge in [0.2, 0.25) is 0 Å². The van der Waals surface area contributed by atoms with Crippen molar-refractivity contribution in [1.29, 1.82) is 0 Å². The van der Waals surface area contributed by atoms with Crippen molar-refractivity contribution in [1.82, 2.24) is 24.5 Å². The Hall–Kier alpha value is -3.41. The van der Waals surface area contributed by atoms with Gasteiger partial charge >= 0.3 is 0 Å². The van der Waals surface area contributed by atoms with Crippen LogP contribution in [0.4, 0.5) is 0 Å². The highest BCUT2D eigenvalue weighted by Crippen LogP contribution is 2.23. The SMILES string of the molecule is CC(C)(C)NC(=O)c1ccnn1-c1ccc2ccc(-c3cccnc3)cn12. The second kappa shape index (κ2) is 6.39. The zero-order valence-corrected chi connectivity index (χ0v) is 15.5. The first-order chi connectivity index (χ1) is 12.9.